The molecule has 0 aliphatic heterocycles. The Morgan fingerprint density at radius 2 is 2.14 bits per heavy atom. The molecule has 1 aromatic heterocycles. The van der Waals surface area contributed by atoms with Crippen molar-refractivity contribution >= 4 is 33.3 Å². The van der Waals surface area contributed by atoms with Crippen LogP contribution >= 0.6 is 23.1 Å². The van der Waals surface area contributed by atoms with Gasteiger partial charge in [0, 0.05) is 12.3 Å². The third-order valence-corrected chi connectivity index (χ3v) is 4.62. The first kappa shape index (κ1) is 17.0. The van der Waals surface area contributed by atoms with E-state index in [2.05, 4.69) is 16.8 Å². The SMILES string of the molecule is CCSCCn1/c(=N/OC)sc2cc(OC(F)(F)F)ccc21. The summed E-state index contributed by atoms with van der Waals surface area (Å²) in [5, 5.41) is 3.94. The van der Waals surface area contributed by atoms with E-state index in [-0.39, 0.29) is 5.75 Å². The monoisotopic (exact) mass is 352 g/mol. The summed E-state index contributed by atoms with van der Waals surface area (Å²) in [6.07, 6.45) is -4.70. The van der Waals surface area contributed by atoms with Crippen LogP contribution in [0.25, 0.3) is 10.2 Å². The summed E-state index contributed by atoms with van der Waals surface area (Å²) in [7, 11) is 1.44. The number of hydrogen-bond donors (Lipinski definition) is 0. The lowest BCUT2D eigenvalue weighted by atomic mass is 10.3. The van der Waals surface area contributed by atoms with Gasteiger partial charge in [-0.1, -0.05) is 23.4 Å². The number of thioether (sulfide) groups is 1. The molecule has 0 atom stereocenters. The molecule has 0 radical (unpaired) electrons. The Labute approximate surface area is 133 Å². The molecule has 0 saturated carbocycles. The normalized spacial score (nSPS) is 12.9. The molecule has 1 aromatic carbocycles. The minimum atomic E-state index is -4.70. The van der Waals surface area contributed by atoms with Crippen molar-refractivity contribution in [1.29, 1.82) is 0 Å². The van der Waals surface area contributed by atoms with Crippen LogP contribution in [0.15, 0.2) is 23.4 Å². The van der Waals surface area contributed by atoms with E-state index >= 15 is 0 Å². The fraction of sp³-hybridized carbons (Fsp3) is 0.462. The third-order valence-electron chi connectivity index (χ3n) is 2.72. The number of halogens is 3. The molecule has 4 nitrogen and oxygen atoms in total. The standard InChI is InChI=1S/C13H15F3N2O2S2/c1-3-21-7-6-18-10-5-4-9(20-13(14,15)16)8-11(10)22-12(18)17-19-2/h4-5,8H,3,6-7H2,1-2H3/b17-12-. The van der Waals surface area contributed by atoms with Gasteiger partial charge in [0.15, 0.2) is 0 Å². The molecule has 0 aliphatic rings. The fourth-order valence-corrected chi connectivity index (χ4v) is 3.58. The van der Waals surface area contributed by atoms with Gasteiger partial charge in [0.2, 0.25) is 4.80 Å². The van der Waals surface area contributed by atoms with Crippen molar-refractivity contribution in [2.45, 2.75) is 19.8 Å². The van der Waals surface area contributed by atoms with Crippen molar-refractivity contribution in [3.63, 3.8) is 0 Å². The van der Waals surface area contributed by atoms with Gasteiger partial charge in [-0.15, -0.1) is 13.2 Å². The van der Waals surface area contributed by atoms with Crippen LogP contribution in [0.4, 0.5) is 13.2 Å². The lowest BCUT2D eigenvalue weighted by molar-refractivity contribution is -0.274. The second kappa shape index (κ2) is 7.28. The smallest absolute Gasteiger partial charge is 0.406 e. The number of nitrogens with zero attached hydrogens (tertiary/aromatic N) is 2. The van der Waals surface area contributed by atoms with Crippen molar-refractivity contribution < 1.29 is 22.7 Å². The van der Waals surface area contributed by atoms with Gasteiger partial charge in [-0.3, -0.25) is 0 Å². The van der Waals surface area contributed by atoms with Gasteiger partial charge in [-0.05, 0) is 24.0 Å². The Bertz CT molecular complexity index is 695. The maximum atomic E-state index is 12.3. The Balaban J connectivity index is 2.40. The molecule has 0 aliphatic carbocycles. The Morgan fingerprint density at radius 3 is 2.77 bits per heavy atom. The lowest BCUT2D eigenvalue weighted by Gasteiger charge is -2.09. The molecule has 22 heavy (non-hydrogen) atoms. The van der Waals surface area contributed by atoms with Gasteiger partial charge >= 0.3 is 6.36 Å². The summed E-state index contributed by atoms with van der Waals surface area (Å²) in [5.74, 6) is 1.66. The molecular formula is C13H15F3N2O2S2. The molecule has 2 aromatic rings. The van der Waals surface area contributed by atoms with Crippen molar-refractivity contribution in [3.8, 4) is 5.75 Å². The summed E-state index contributed by atoms with van der Waals surface area (Å²) >= 11 is 3.04. The second-order valence-electron chi connectivity index (χ2n) is 4.18. The van der Waals surface area contributed by atoms with E-state index in [0.717, 1.165) is 17.0 Å². The van der Waals surface area contributed by atoms with Crippen LogP contribution in [0.3, 0.4) is 0 Å². The summed E-state index contributed by atoms with van der Waals surface area (Å²) in [6, 6.07) is 4.28. The highest BCUT2D eigenvalue weighted by Crippen LogP contribution is 2.28. The summed E-state index contributed by atoms with van der Waals surface area (Å²) in [6.45, 7) is 2.78. The molecule has 2 rings (SSSR count). The molecule has 0 saturated heterocycles. The highest BCUT2D eigenvalue weighted by atomic mass is 32.2. The van der Waals surface area contributed by atoms with Gasteiger partial charge in [-0.25, -0.2) is 0 Å². The van der Waals surface area contributed by atoms with E-state index in [0.29, 0.717) is 16.0 Å². The quantitative estimate of drug-likeness (QED) is 0.586. The van der Waals surface area contributed by atoms with E-state index in [4.69, 9.17) is 4.84 Å². The average molecular weight is 352 g/mol. The first-order valence-electron chi connectivity index (χ1n) is 6.48. The molecule has 0 fully saturated rings. The van der Waals surface area contributed by atoms with Gasteiger partial charge in [0.25, 0.3) is 0 Å². The van der Waals surface area contributed by atoms with Crippen LogP contribution < -0.4 is 9.54 Å². The van der Waals surface area contributed by atoms with Gasteiger partial charge in [-0.2, -0.15) is 11.8 Å². The second-order valence-corrected chi connectivity index (χ2v) is 6.59. The predicted octanol–water partition coefficient (Wildman–Crippen LogP) is 3.82. The maximum Gasteiger partial charge on any atom is 0.573 e. The number of rotatable bonds is 6. The van der Waals surface area contributed by atoms with E-state index in [9.17, 15) is 13.2 Å². The van der Waals surface area contributed by atoms with Crippen molar-refractivity contribution in [2.24, 2.45) is 5.16 Å². The topological polar surface area (TPSA) is 35.8 Å². The summed E-state index contributed by atoms with van der Waals surface area (Å²) in [5.41, 5.74) is 0.812. The lowest BCUT2D eigenvalue weighted by Crippen LogP contribution is -2.17. The molecule has 1 heterocycles. The molecule has 122 valence electrons. The van der Waals surface area contributed by atoms with Crippen LogP contribution in [0.2, 0.25) is 0 Å². The minimum absolute atomic E-state index is 0.236. The van der Waals surface area contributed by atoms with Crippen LogP contribution in [-0.4, -0.2) is 29.5 Å². The van der Waals surface area contributed by atoms with Crippen molar-refractivity contribution in [2.75, 3.05) is 18.6 Å². The summed E-state index contributed by atoms with van der Waals surface area (Å²) in [4.78, 5) is 5.42. The molecule has 0 amide bonds. The number of alkyl halides is 3. The number of thiazole rings is 1. The first-order chi connectivity index (χ1) is 10.4. The number of aryl methyl sites for hydroxylation is 1. The van der Waals surface area contributed by atoms with E-state index < -0.39 is 6.36 Å². The van der Waals surface area contributed by atoms with Crippen LogP contribution in [-0.2, 0) is 11.4 Å². The number of benzene rings is 1. The largest absolute Gasteiger partial charge is 0.573 e. The van der Waals surface area contributed by atoms with Crippen LogP contribution in [0.1, 0.15) is 6.92 Å². The average Bonchev–Trinajstić information content (AvgIpc) is 2.75. The number of ether oxygens (including phenoxy) is 1. The van der Waals surface area contributed by atoms with Crippen molar-refractivity contribution in [3.05, 3.63) is 23.0 Å². The predicted molar refractivity (Wildman–Crippen MR) is 82.1 cm³/mol. The van der Waals surface area contributed by atoms with E-state index in [1.807, 2.05) is 4.57 Å². The van der Waals surface area contributed by atoms with E-state index in [1.54, 1.807) is 17.8 Å². The number of hydrogen-bond acceptors (Lipinski definition) is 5. The Kier molecular flexibility index (Phi) is 5.63. The van der Waals surface area contributed by atoms with E-state index in [1.165, 1.54) is 30.6 Å². The number of fused-ring (bicyclic) bond motifs is 1. The van der Waals surface area contributed by atoms with Gasteiger partial charge in [0.05, 0.1) is 10.2 Å². The fourth-order valence-electron chi connectivity index (χ4n) is 1.92. The van der Waals surface area contributed by atoms with Crippen LogP contribution in [0.5, 0.6) is 5.75 Å². The van der Waals surface area contributed by atoms with Crippen molar-refractivity contribution in [1.82, 2.24) is 4.57 Å². The van der Waals surface area contributed by atoms with Crippen LogP contribution in [0, 0.1) is 0 Å². The molecule has 0 unspecified atom stereocenters. The Hall–Kier alpha value is -1.35. The minimum Gasteiger partial charge on any atom is -0.406 e. The maximum absolute atomic E-state index is 12.3. The van der Waals surface area contributed by atoms with Gasteiger partial charge in [0.1, 0.15) is 12.9 Å². The molecule has 0 N–H and O–H groups in total. The molecule has 0 spiro atoms. The number of aromatic nitrogens is 1. The molecular weight excluding hydrogens is 337 g/mol. The third kappa shape index (κ3) is 4.33. The first-order valence-corrected chi connectivity index (χ1v) is 8.46. The summed E-state index contributed by atoms with van der Waals surface area (Å²) < 4.78 is 43.4. The van der Waals surface area contributed by atoms with Gasteiger partial charge < -0.3 is 14.1 Å². The Morgan fingerprint density at radius 1 is 1.36 bits per heavy atom. The zero-order valence-corrected chi connectivity index (χ0v) is 13.6. The molecule has 9 heteroatoms. The molecule has 0 bridgehead atoms. The zero-order chi connectivity index (χ0) is 16.2. The highest BCUT2D eigenvalue weighted by molar-refractivity contribution is 7.99. The zero-order valence-electron chi connectivity index (χ0n) is 12.0. The highest BCUT2D eigenvalue weighted by Gasteiger charge is 2.31.